The first-order chi connectivity index (χ1) is 5.84. The number of hydrogen-bond donors (Lipinski definition) is 2. The zero-order chi connectivity index (χ0) is 9.40. The zero-order valence-electron chi connectivity index (χ0n) is 7.49. The Morgan fingerprint density at radius 2 is 2.08 bits per heavy atom. The van der Waals surface area contributed by atoms with Gasteiger partial charge in [-0.25, -0.2) is 0 Å². The molecule has 0 spiro atoms. The van der Waals surface area contributed by atoms with Gasteiger partial charge < -0.3 is 11.5 Å². The van der Waals surface area contributed by atoms with Crippen LogP contribution in [0.2, 0.25) is 0 Å². The average molecular weight is 165 g/mol. The third-order valence-corrected chi connectivity index (χ3v) is 1.16. The van der Waals surface area contributed by atoms with Crippen molar-refractivity contribution >= 4 is 11.8 Å². The molecule has 0 unspecified atom stereocenters. The van der Waals surface area contributed by atoms with Crippen LogP contribution in [0.5, 0.6) is 0 Å². The Balaban J connectivity index is 0.000000561. The van der Waals surface area contributed by atoms with E-state index in [4.69, 9.17) is 11.5 Å². The lowest BCUT2D eigenvalue weighted by atomic mass is 10.2. The maximum atomic E-state index is 5.56. The Labute approximate surface area is 73.1 Å². The standard InChI is InChI=1S/C7H9N3.C2H6/c8-3-1-6-5-10-4-2-7(6)9;1-2/h1-5H,8H2,(H2,9,10);1-2H3/b3-1-;. The molecule has 0 amide bonds. The molecule has 0 radical (unpaired) electrons. The molecule has 12 heavy (non-hydrogen) atoms. The van der Waals surface area contributed by atoms with E-state index in [1.807, 2.05) is 13.8 Å². The molecule has 4 N–H and O–H groups in total. The summed E-state index contributed by atoms with van der Waals surface area (Å²) in [5.74, 6) is 0. The molecular weight excluding hydrogens is 150 g/mol. The van der Waals surface area contributed by atoms with Crippen LogP contribution in [0.25, 0.3) is 6.08 Å². The zero-order valence-corrected chi connectivity index (χ0v) is 7.49. The first-order valence-electron chi connectivity index (χ1n) is 3.92. The largest absolute Gasteiger partial charge is 0.405 e. The number of nitrogen functional groups attached to an aromatic ring is 1. The van der Waals surface area contributed by atoms with Crippen LogP contribution in [-0.2, 0) is 0 Å². The van der Waals surface area contributed by atoms with E-state index in [0.29, 0.717) is 5.69 Å². The van der Waals surface area contributed by atoms with E-state index in [9.17, 15) is 0 Å². The fourth-order valence-corrected chi connectivity index (χ4v) is 0.660. The summed E-state index contributed by atoms with van der Waals surface area (Å²) in [6, 6.07) is 1.73. The third kappa shape index (κ3) is 3.05. The molecule has 1 heterocycles. The van der Waals surface area contributed by atoms with Crippen LogP contribution in [0, 0.1) is 0 Å². The van der Waals surface area contributed by atoms with Crippen LogP contribution < -0.4 is 11.5 Å². The highest BCUT2D eigenvalue weighted by atomic mass is 14.7. The van der Waals surface area contributed by atoms with Gasteiger partial charge in [0, 0.05) is 23.6 Å². The summed E-state index contributed by atoms with van der Waals surface area (Å²) in [7, 11) is 0. The number of anilines is 1. The summed E-state index contributed by atoms with van der Waals surface area (Å²) in [4.78, 5) is 3.88. The summed E-state index contributed by atoms with van der Waals surface area (Å²) in [5.41, 5.74) is 12.3. The first-order valence-corrected chi connectivity index (χ1v) is 3.92. The second-order valence-electron chi connectivity index (χ2n) is 1.86. The van der Waals surface area contributed by atoms with E-state index >= 15 is 0 Å². The molecule has 0 fully saturated rings. The predicted molar refractivity (Wildman–Crippen MR) is 53.2 cm³/mol. The van der Waals surface area contributed by atoms with Crippen molar-refractivity contribution in [1.82, 2.24) is 4.98 Å². The summed E-state index contributed by atoms with van der Waals surface area (Å²) in [6.07, 6.45) is 6.46. The van der Waals surface area contributed by atoms with Crippen molar-refractivity contribution in [3.8, 4) is 0 Å². The Morgan fingerprint density at radius 1 is 1.42 bits per heavy atom. The molecule has 3 heteroatoms. The van der Waals surface area contributed by atoms with Crippen LogP contribution >= 0.6 is 0 Å². The van der Waals surface area contributed by atoms with Crippen LogP contribution in [0.15, 0.2) is 24.7 Å². The van der Waals surface area contributed by atoms with Crippen LogP contribution in [0.3, 0.4) is 0 Å². The molecule has 1 rings (SSSR count). The molecule has 1 aromatic rings. The third-order valence-electron chi connectivity index (χ3n) is 1.16. The van der Waals surface area contributed by atoms with Gasteiger partial charge in [-0.05, 0) is 18.3 Å². The monoisotopic (exact) mass is 165 g/mol. The number of aromatic nitrogens is 1. The van der Waals surface area contributed by atoms with Gasteiger partial charge in [0.1, 0.15) is 0 Å². The topological polar surface area (TPSA) is 64.9 Å². The van der Waals surface area contributed by atoms with Crippen molar-refractivity contribution < 1.29 is 0 Å². The van der Waals surface area contributed by atoms with Gasteiger partial charge in [-0.2, -0.15) is 0 Å². The van der Waals surface area contributed by atoms with Gasteiger partial charge in [0.05, 0.1) is 0 Å². The number of nitrogens with two attached hydrogens (primary N) is 2. The lowest BCUT2D eigenvalue weighted by Crippen LogP contribution is -1.89. The normalized spacial score (nSPS) is 9.17. The summed E-state index contributed by atoms with van der Waals surface area (Å²) in [5, 5.41) is 0. The van der Waals surface area contributed by atoms with Crippen molar-refractivity contribution in [2.75, 3.05) is 5.73 Å². The lowest BCUT2D eigenvalue weighted by Gasteiger charge is -1.95. The van der Waals surface area contributed by atoms with E-state index in [-0.39, 0.29) is 0 Å². The molecule has 0 aromatic carbocycles. The van der Waals surface area contributed by atoms with Crippen LogP contribution in [0.1, 0.15) is 19.4 Å². The second kappa shape index (κ2) is 6.22. The maximum Gasteiger partial charge on any atom is 0.0419 e. The Hall–Kier alpha value is -1.51. The fourth-order valence-electron chi connectivity index (χ4n) is 0.660. The highest BCUT2D eigenvalue weighted by Gasteiger charge is 1.89. The minimum Gasteiger partial charge on any atom is -0.405 e. The number of pyridine rings is 1. The minimum atomic E-state index is 0.691. The molecule has 3 nitrogen and oxygen atoms in total. The molecule has 0 saturated heterocycles. The molecule has 66 valence electrons. The highest BCUT2D eigenvalue weighted by Crippen LogP contribution is 2.08. The first kappa shape index (κ1) is 10.5. The van der Waals surface area contributed by atoms with Gasteiger partial charge in [0.2, 0.25) is 0 Å². The molecular formula is C9H15N3. The minimum absolute atomic E-state index is 0.691. The van der Waals surface area contributed by atoms with Gasteiger partial charge >= 0.3 is 0 Å². The van der Waals surface area contributed by atoms with Gasteiger partial charge in [-0.1, -0.05) is 13.8 Å². The average Bonchev–Trinajstić information content (AvgIpc) is 2.13. The number of nitrogens with zero attached hydrogens (tertiary/aromatic N) is 1. The summed E-state index contributed by atoms with van der Waals surface area (Å²) >= 11 is 0. The maximum absolute atomic E-state index is 5.56. The van der Waals surface area contributed by atoms with Gasteiger partial charge in [0.25, 0.3) is 0 Å². The molecule has 0 aliphatic rings. The Kier molecular flexibility index (Phi) is 5.43. The van der Waals surface area contributed by atoms with E-state index in [1.165, 1.54) is 6.20 Å². The van der Waals surface area contributed by atoms with Gasteiger partial charge in [-0.15, -0.1) is 0 Å². The van der Waals surface area contributed by atoms with Crippen molar-refractivity contribution in [1.29, 1.82) is 0 Å². The lowest BCUT2D eigenvalue weighted by molar-refractivity contribution is 1.32. The van der Waals surface area contributed by atoms with Crippen molar-refractivity contribution in [2.45, 2.75) is 13.8 Å². The van der Waals surface area contributed by atoms with E-state index in [1.54, 1.807) is 24.5 Å². The van der Waals surface area contributed by atoms with E-state index < -0.39 is 0 Å². The summed E-state index contributed by atoms with van der Waals surface area (Å²) < 4.78 is 0. The van der Waals surface area contributed by atoms with Crippen LogP contribution in [0.4, 0.5) is 5.69 Å². The van der Waals surface area contributed by atoms with E-state index in [0.717, 1.165) is 5.56 Å². The second-order valence-corrected chi connectivity index (χ2v) is 1.86. The number of rotatable bonds is 1. The smallest absolute Gasteiger partial charge is 0.0419 e. The van der Waals surface area contributed by atoms with Crippen molar-refractivity contribution in [2.24, 2.45) is 5.73 Å². The van der Waals surface area contributed by atoms with Crippen LogP contribution in [-0.4, -0.2) is 4.98 Å². The molecule has 0 aliphatic heterocycles. The number of hydrogen-bond acceptors (Lipinski definition) is 3. The van der Waals surface area contributed by atoms with Gasteiger partial charge in [0.15, 0.2) is 0 Å². The molecule has 1 aromatic heterocycles. The molecule has 0 aliphatic carbocycles. The van der Waals surface area contributed by atoms with Crippen molar-refractivity contribution in [3.63, 3.8) is 0 Å². The molecule has 0 atom stereocenters. The van der Waals surface area contributed by atoms with Gasteiger partial charge in [-0.3, -0.25) is 4.98 Å². The summed E-state index contributed by atoms with van der Waals surface area (Å²) in [6.45, 7) is 4.00. The quantitative estimate of drug-likeness (QED) is 0.664. The fraction of sp³-hybridized carbons (Fsp3) is 0.222. The SMILES string of the molecule is CC.N/C=C\c1cnccc1N. The predicted octanol–water partition coefficient (Wildman–Crippen LogP) is 1.62. The Bertz CT molecular complexity index is 243. The Morgan fingerprint density at radius 3 is 2.58 bits per heavy atom. The van der Waals surface area contributed by atoms with Crippen molar-refractivity contribution in [3.05, 3.63) is 30.2 Å². The molecule has 0 bridgehead atoms. The highest BCUT2D eigenvalue weighted by molar-refractivity contribution is 5.62. The molecule has 0 saturated carbocycles. The van der Waals surface area contributed by atoms with E-state index in [2.05, 4.69) is 4.98 Å².